The minimum atomic E-state index is -0.567. The number of benzene rings is 2. The zero-order chi connectivity index (χ0) is 20.0. The van der Waals surface area contributed by atoms with Crippen LogP contribution in [0.3, 0.4) is 0 Å². The first-order chi connectivity index (χ1) is 12.8. The molecule has 2 amide bonds. The summed E-state index contributed by atoms with van der Waals surface area (Å²) in [6.45, 7) is 1.44. The Morgan fingerprint density at radius 2 is 1.67 bits per heavy atom. The Morgan fingerprint density at radius 3 is 2.26 bits per heavy atom. The number of hydrogen-bond acceptors (Lipinski definition) is 5. The van der Waals surface area contributed by atoms with E-state index in [1.807, 2.05) is 0 Å². The Kier molecular flexibility index (Phi) is 6.56. The number of nitrogens with one attached hydrogen (secondary N) is 2. The standard InChI is InChI=1S/C18H19FN4O4/c1-12-4-3-5-15(23(26)27)18(12)21-17(25)11-22(2)10-16(24)20-14-8-6-13(19)7-9-14/h3-9H,10-11H2,1-2H3,(H,20,24)(H,21,25). The van der Waals surface area contributed by atoms with E-state index < -0.39 is 16.6 Å². The van der Waals surface area contributed by atoms with Crippen LogP contribution in [0.4, 0.5) is 21.5 Å². The summed E-state index contributed by atoms with van der Waals surface area (Å²) in [6.07, 6.45) is 0. The highest BCUT2D eigenvalue weighted by Crippen LogP contribution is 2.27. The van der Waals surface area contributed by atoms with E-state index in [4.69, 9.17) is 0 Å². The number of carbonyl (C=O) groups is 2. The summed E-state index contributed by atoms with van der Waals surface area (Å²) in [4.78, 5) is 36.1. The molecular weight excluding hydrogens is 355 g/mol. The van der Waals surface area contributed by atoms with Gasteiger partial charge < -0.3 is 10.6 Å². The third kappa shape index (κ3) is 5.86. The number of nitro groups is 1. The zero-order valence-electron chi connectivity index (χ0n) is 14.9. The predicted molar refractivity (Wildman–Crippen MR) is 99.0 cm³/mol. The quantitative estimate of drug-likeness (QED) is 0.572. The molecule has 27 heavy (non-hydrogen) atoms. The summed E-state index contributed by atoms with van der Waals surface area (Å²) in [5, 5.41) is 16.2. The van der Waals surface area contributed by atoms with Gasteiger partial charge in [-0.2, -0.15) is 0 Å². The van der Waals surface area contributed by atoms with Gasteiger partial charge in [-0.25, -0.2) is 4.39 Å². The van der Waals surface area contributed by atoms with Crippen molar-refractivity contribution < 1.29 is 18.9 Å². The summed E-state index contributed by atoms with van der Waals surface area (Å²) in [5.74, 6) is -1.27. The highest BCUT2D eigenvalue weighted by Gasteiger charge is 2.19. The fraction of sp³-hybridized carbons (Fsp3) is 0.222. The average Bonchev–Trinajstić information content (AvgIpc) is 2.58. The molecule has 0 atom stereocenters. The largest absolute Gasteiger partial charge is 0.325 e. The summed E-state index contributed by atoms with van der Waals surface area (Å²) in [5.41, 5.74) is 0.945. The van der Waals surface area contributed by atoms with Crippen LogP contribution >= 0.6 is 0 Å². The molecule has 0 saturated carbocycles. The molecule has 2 aromatic rings. The second-order valence-electron chi connectivity index (χ2n) is 6.00. The smallest absolute Gasteiger partial charge is 0.293 e. The van der Waals surface area contributed by atoms with Crippen molar-refractivity contribution in [3.8, 4) is 0 Å². The van der Waals surface area contributed by atoms with Crippen molar-refractivity contribution in [2.45, 2.75) is 6.92 Å². The summed E-state index contributed by atoms with van der Waals surface area (Å²) in [7, 11) is 1.57. The molecule has 142 valence electrons. The predicted octanol–water partition coefficient (Wildman–Crippen LogP) is 2.55. The molecule has 2 N–H and O–H groups in total. The van der Waals surface area contributed by atoms with Crippen molar-refractivity contribution in [1.29, 1.82) is 0 Å². The van der Waals surface area contributed by atoms with Gasteiger partial charge in [0.2, 0.25) is 11.8 Å². The maximum Gasteiger partial charge on any atom is 0.293 e. The van der Waals surface area contributed by atoms with Crippen molar-refractivity contribution in [1.82, 2.24) is 4.90 Å². The number of anilines is 2. The molecule has 0 aliphatic carbocycles. The second kappa shape index (κ2) is 8.86. The van der Waals surface area contributed by atoms with Gasteiger partial charge in [0.1, 0.15) is 11.5 Å². The highest BCUT2D eigenvalue weighted by molar-refractivity contribution is 5.96. The fourth-order valence-electron chi connectivity index (χ4n) is 2.43. The van der Waals surface area contributed by atoms with Gasteiger partial charge in [0.15, 0.2) is 0 Å². The van der Waals surface area contributed by atoms with Gasteiger partial charge >= 0.3 is 0 Å². The topological polar surface area (TPSA) is 105 Å². The van der Waals surface area contributed by atoms with Crippen LogP contribution in [0.15, 0.2) is 42.5 Å². The van der Waals surface area contributed by atoms with Crippen molar-refractivity contribution in [2.75, 3.05) is 30.8 Å². The first-order valence-corrected chi connectivity index (χ1v) is 8.04. The molecule has 0 fully saturated rings. The van der Waals surface area contributed by atoms with Gasteiger partial charge in [0.25, 0.3) is 5.69 Å². The number of amides is 2. The van der Waals surface area contributed by atoms with Gasteiger partial charge in [-0.1, -0.05) is 12.1 Å². The highest BCUT2D eigenvalue weighted by atomic mass is 19.1. The molecule has 0 saturated heterocycles. The van der Waals surface area contributed by atoms with Gasteiger partial charge in [-0.15, -0.1) is 0 Å². The number of hydrogen-bond donors (Lipinski definition) is 2. The molecule has 0 aliphatic rings. The number of carbonyl (C=O) groups excluding carboxylic acids is 2. The molecule has 2 rings (SSSR count). The maximum atomic E-state index is 12.9. The lowest BCUT2D eigenvalue weighted by Crippen LogP contribution is -2.36. The van der Waals surface area contributed by atoms with E-state index in [9.17, 15) is 24.1 Å². The zero-order valence-corrected chi connectivity index (χ0v) is 14.9. The van der Waals surface area contributed by atoms with Crippen molar-refractivity contribution in [3.05, 3.63) is 64.0 Å². The minimum Gasteiger partial charge on any atom is -0.325 e. The van der Waals surface area contributed by atoms with Crippen LogP contribution in [0.25, 0.3) is 0 Å². The summed E-state index contributed by atoms with van der Waals surface area (Å²) >= 11 is 0. The van der Waals surface area contributed by atoms with Crippen LogP contribution in [0, 0.1) is 22.9 Å². The van der Waals surface area contributed by atoms with Crippen LogP contribution in [-0.4, -0.2) is 41.8 Å². The van der Waals surface area contributed by atoms with Gasteiger partial charge in [-0.3, -0.25) is 24.6 Å². The molecule has 0 bridgehead atoms. The number of aryl methyl sites for hydroxylation is 1. The molecule has 9 heteroatoms. The second-order valence-corrected chi connectivity index (χ2v) is 6.00. The van der Waals surface area contributed by atoms with Crippen LogP contribution in [0.2, 0.25) is 0 Å². The van der Waals surface area contributed by atoms with E-state index in [0.29, 0.717) is 11.3 Å². The number of likely N-dealkylation sites (N-methyl/N-ethyl adjacent to an activating group) is 1. The van der Waals surface area contributed by atoms with E-state index in [2.05, 4.69) is 10.6 Å². The van der Waals surface area contributed by atoms with Gasteiger partial charge in [0.05, 0.1) is 18.0 Å². The van der Waals surface area contributed by atoms with Crippen molar-refractivity contribution in [2.24, 2.45) is 0 Å². The van der Waals surface area contributed by atoms with Crippen LogP contribution < -0.4 is 10.6 Å². The Hall–Kier alpha value is -3.33. The SMILES string of the molecule is Cc1cccc([N+](=O)[O-])c1NC(=O)CN(C)CC(=O)Nc1ccc(F)cc1. The number of nitrogens with zero attached hydrogens (tertiary/aromatic N) is 2. The number of nitro benzene ring substituents is 1. The Labute approximate surface area is 155 Å². The van der Waals surface area contributed by atoms with Crippen molar-refractivity contribution >= 4 is 28.9 Å². The van der Waals surface area contributed by atoms with Crippen LogP contribution in [0.5, 0.6) is 0 Å². The number of para-hydroxylation sites is 1. The fourth-order valence-corrected chi connectivity index (χ4v) is 2.43. The van der Waals surface area contributed by atoms with E-state index in [0.717, 1.165) is 0 Å². The molecule has 2 aromatic carbocycles. The third-order valence-electron chi connectivity index (χ3n) is 3.67. The lowest BCUT2D eigenvalue weighted by atomic mass is 10.1. The molecular formula is C18H19FN4O4. The summed E-state index contributed by atoms with van der Waals surface area (Å²) < 4.78 is 12.9. The number of halogens is 1. The Bertz CT molecular complexity index is 855. The average molecular weight is 374 g/mol. The Morgan fingerprint density at radius 1 is 1.07 bits per heavy atom. The molecule has 8 nitrogen and oxygen atoms in total. The van der Waals surface area contributed by atoms with Crippen LogP contribution in [0.1, 0.15) is 5.56 Å². The lowest BCUT2D eigenvalue weighted by molar-refractivity contribution is -0.384. The Balaban J connectivity index is 1.91. The third-order valence-corrected chi connectivity index (χ3v) is 3.67. The van der Waals surface area contributed by atoms with Gasteiger partial charge in [-0.05, 0) is 43.8 Å². The number of rotatable bonds is 7. The molecule has 0 spiro atoms. The van der Waals surface area contributed by atoms with E-state index >= 15 is 0 Å². The summed E-state index contributed by atoms with van der Waals surface area (Å²) in [6, 6.07) is 9.80. The first kappa shape index (κ1) is 20.0. The monoisotopic (exact) mass is 374 g/mol. The molecule has 0 heterocycles. The molecule has 0 aromatic heterocycles. The molecule has 0 radical (unpaired) electrons. The van der Waals surface area contributed by atoms with E-state index in [-0.39, 0.29) is 30.4 Å². The minimum absolute atomic E-state index is 0.0827. The lowest BCUT2D eigenvalue weighted by Gasteiger charge is -2.16. The first-order valence-electron chi connectivity index (χ1n) is 8.04. The maximum absolute atomic E-state index is 12.9. The van der Waals surface area contributed by atoms with E-state index in [1.165, 1.54) is 41.3 Å². The molecule has 0 unspecified atom stereocenters. The molecule has 0 aliphatic heterocycles. The van der Waals surface area contributed by atoms with Crippen molar-refractivity contribution in [3.63, 3.8) is 0 Å². The van der Waals surface area contributed by atoms with E-state index in [1.54, 1.807) is 20.0 Å². The van der Waals surface area contributed by atoms with Crippen LogP contribution in [-0.2, 0) is 9.59 Å². The van der Waals surface area contributed by atoms with Gasteiger partial charge in [0, 0.05) is 11.8 Å². The normalized spacial score (nSPS) is 10.5.